The van der Waals surface area contributed by atoms with E-state index in [9.17, 15) is 4.79 Å². The van der Waals surface area contributed by atoms with Gasteiger partial charge in [0.25, 0.3) is 11.7 Å². The van der Waals surface area contributed by atoms with Gasteiger partial charge in [-0.05, 0) is 30.5 Å². The first-order valence-electron chi connectivity index (χ1n) is 7.94. The van der Waals surface area contributed by atoms with E-state index < -0.39 is 0 Å². The van der Waals surface area contributed by atoms with Crippen LogP contribution in [0.3, 0.4) is 0 Å². The number of rotatable bonds is 2. The van der Waals surface area contributed by atoms with Crippen molar-refractivity contribution in [2.45, 2.75) is 13.3 Å². The normalized spacial score (nSPS) is 14.7. The lowest BCUT2D eigenvalue weighted by molar-refractivity contribution is 0.0759. The molecule has 6 nitrogen and oxygen atoms in total. The number of benzene rings is 1. The van der Waals surface area contributed by atoms with Crippen molar-refractivity contribution in [1.82, 2.24) is 24.5 Å². The van der Waals surface area contributed by atoms with Crippen LogP contribution in [-0.4, -0.2) is 43.5 Å². The molecule has 0 radical (unpaired) electrons. The SMILES string of the molecule is Cc1ccn2c(C(=O)N3CC=C(c4ccccc4)CC3)nnc2n1. The summed E-state index contributed by atoms with van der Waals surface area (Å²) in [6, 6.07) is 12.1. The van der Waals surface area contributed by atoms with Crippen molar-refractivity contribution < 1.29 is 4.79 Å². The van der Waals surface area contributed by atoms with Gasteiger partial charge in [0, 0.05) is 25.0 Å². The first-order valence-corrected chi connectivity index (χ1v) is 7.94. The number of carbonyl (C=O) groups is 1. The zero-order valence-electron chi connectivity index (χ0n) is 13.4. The van der Waals surface area contributed by atoms with Crippen molar-refractivity contribution in [1.29, 1.82) is 0 Å². The van der Waals surface area contributed by atoms with Gasteiger partial charge < -0.3 is 4.90 Å². The Kier molecular flexibility index (Phi) is 3.57. The van der Waals surface area contributed by atoms with E-state index >= 15 is 0 Å². The van der Waals surface area contributed by atoms with E-state index in [-0.39, 0.29) is 5.91 Å². The molecule has 0 saturated carbocycles. The summed E-state index contributed by atoms with van der Waals surface area (Å²) in [4.78, 5) is 18.8. The Hall–Kier alpha value is -3.02. The van der Waals surface area contributed by atoms with Crippen LogP contribution in [0.2, 0.25) is 0 Å². The number of fused-ring (bicyclic) bond motifs is 1. The Labute approximate surface area is 139 Å². The molecule has 3 heterocycles. The molecule has 0 N–H and O–H groups in total. The minimum atomic E-state index is -0.114. The van der Waals surface area contributed by atoms with Crippen LogP contribution >= 0.6 is 0 Å². The lowest BCUT2D eigenvalue weighted by atomic mass is 9.99. The summed E-state index contributed by atoms with van der Waals surface area (Å²) in [5.74, 6) is 0.654. The van der Waals surface area contributed by atoms with Gasteiger partial charge in [0.1, 0.15) is 0 Å². The predicted octanol–water partition coefficient (Wildman–Crippen LogP) is 2.36. The lowest BCUT2D eigenvalue weighted by Gasteiger charge is -2.26. The van der Waals surface area contributed by atoms with Gasteiger partial charge in [-0.3, -0.25) is 9.20 Å². The molecule has 0 atom stereocenters. The minimum Gasteiger partial charge on any atom is -0.332 e. The van der Waals surface area contributed by atoms with E-state index in [1.165, 1.54) is 11.1 Å². The van der Waals surface area contributed by atoms with Crippen molar-refractivity contribution in [2.75, 3.05) is 13.1 Å². The molecule has 120 valence electrons. The summed E-state index contributed by atoms with van der Waals surface area (Å²) >= 11 is 0. The van der Waals surface area contributed by atoms with Crippen molar-refractivity contribution in [3.63, 3.8) is 0 Å². The van der Waals surface area contributed by atoms with Crippen LogP contribution in [0.5, 0.6) is 0 Å². The highest BCUT2D eigenvalue weighted by atomic mass is 16.2. The Morgan fingerprint density at radius 3 is 2.71 bits per heavy atom. The van der Waals surface area contributed by atoms with Crippen LogP contribution in [0.1, 0.15) is 28.3 Å². The largest absolute Gasteiger partial charge is 0.332 e. The smallest absolute Gasteiger partial charge is 0.292 e. The van der Waals surface area contributed by atoms with E-state index in [1.807, 2.05) is 31.2 Å². The van der Waals surface area contributed by atoms with Gasteiger partial charge >= 0.3 is 0 Å². The Balaban J connectivity index is 1.56. The average molecular weight is 319 g/mol. The Bertz CT molecular complexity index is 929. The Morgan fingerprint density at radius 2 is 1.96 bits per heavy atom. The molecule has 24 heavy (non-hydrogen) atoms. The van der Waals surface area contributed by atoms with Crippen molar-refractivity contribution in [3.05, 3.63) is 65.8 Å². The summed E-state index contributed by atoms with van der Waals surface area (Å²) in [6.45, 7) is 3.14. The molecule has 0 bridgehead atoms. The summed E-state index contributed by atoms with van der Waals surface area (Å²) in [6.07, 6.45) is 4.74. The van der Waals surface area contributed by atoms with Crippen molar-refractivity contribution in [2.24, 2.45) is 0 Å². The molecular weight excluding hydrogens is 302 g/mol. The monoisotopic (exact) mass is 319 g/mol. The van der Waals surface area contributed by atoms with Gasteiger partial charge in [-0.15, -0.1) is 10.2 Å². The van der Waals surface area contributed by atoms with E-state index in [2.05, 4.69) is 33.4 Å². The summed E-state index contributed by atoms with van der Waals surface area (Å²) in [5, 5.41) is 8.02. The highest BCUT2D eigenvalue weighted by molar-refractivity contribution is 5.92. The highest BCUT2D eigenvalue weighted by Gasteiger charge is 2.23. The first-order chi connectivity index (χ1) is 11.7. The number of carbonyl (C=O) groups excluding carboxylic acids is 1. The third kappa shape index (κ3) is 2.56. The van der Waals surface area contributed by atoms with E-state index in [0.717, 1.165) is 12.1 Å². The number of aromatic nitrogens is 4. The zero-order valence-corrected chi connectivity index (χ0v) is 13.4. The van der Waals surface area contributed by atoms with Gasteiger partial charge in [0.2, 0.25) is 5.82 Å². The van der Waals surface area contributed by atoms with Crippen LogP contribution in [-0.2, 0) is 0 Å². The van der Waals surface area contributed by atoms with Crippen molar-refractivity contribution in [3.8, 4) is 0 Å². The van der Waals surface area contributed by atoms with Crippen LogP contribution in [0.15, 0.2) is 48.7 Å². The summed E-state index contributed by atoms with van der Waals surface area (Å²) in [5.41, 5.74) is 3.35. The molecule has 4 rings (SSSR count). The van der Waals surface area contributed by atoms with Gasteiger partial charge in [-0.2, -0.15) is 0 Å². The minimum absolute atomic E-state index is 0.114. The molecule has 0 spiro atoms. The van der Waals surface area contributed by atoms with Crippen LogP contribution in [0.4, 0.5) is 0 Å². The fourth-order valence-corrected chi connectivity index (χ4v) is 2.93. The van der Waals surface area contributed by atoms with Crippen LogP contribution in [0.25, 0.3) is 11.4 Å². The van der Waals surface area contributed by atoms with E-state index in [0.29, 0.717) is 24.7 Å². The lowest BCUT2D eigenvalue weighted by Crippen LogP contribution is -2.35. The van der Waals surface area contributed by atoms with Crippen LogP contribution < -0.4 is 0 Å². The molecule has 1 aliphatic heterocycles. The molecule has 1 aliphatic rings. The molecule has 1 aromatic carbocycles. The quantitative estimate of drug-likeness (QED) is 0.727. The third-order valence-corrected chi connectivity index (χ3v) is 4.25. The van der Waals surface area contributed by atoms with Gasteiger partial charge in [-0.25, -0.2) is 4.98 Å². The second-order valence-corrected chi connectivity index (χ2v) is 5.86. The maximum Gasteiger partial charge on any atom is 0.292 e. The number of nitrogens with zero attached hydrogens (tertiary/aromatic N) is 5. The third-order valence-electron chi connectivity index (χ3n) is 4.25. The number of hydrogen-bond donors (Lipinski definition) is 0. The molecule has 2 aromatic heterocycles. The highest BCUT2D eigenvalue weighted by Crippen LogP contribution is 2.22. The molecule has 0 unspecified atom stereocenters. The Morgan fingerprint density at radius 1 is 1.12 bits per heavy atom. The summed E-state index contributed by atoms with van der Waals surface area (Å²) in [7, 11) is 0. The maximum absolute atomic E-state index is 12.7. The number of hydrogen-bond acceptors (Lipinski definition) is 4. The average Bonchev–Trinajstić information content (AvgIpc) is 3.05. The molecule has 0 aliphatic carbocycles. The molecule has 0 fully saturated rings. The second-order valence-electron chi connectivity index (χ2n) is 5.86. The first kappa shape index (κ1) is 14.6. The number of amides is 1. The molecule has 3 aromatic rings. The standard InChI is InChI=1S/C18H17N5O/c1-13-7-12-23-16(20-21-18(23)19-13)17(24)22-10-8-15(9-11-22)14-5-3-2-4-6-14/h2-8,12H,9-11H2,1H3. The van der Waals surface area contributed by atoms with Gasteiger partial charge in [-0.1, -0.05) is 36.4 Å². The fourth-order valence-electron chi connectivity index (χ4n) is 2.93. The fraction of sp³-hybridized carbons (Fsp3) is 0.222. The maximum atomic E-state index is 12.7. The summed E-state index contributed by atoms with van der Waals surface area (Å²) < 4.78 is 1.64. The molecule has 0 saturated heterocycles. The van der Waals surface area contributed by atoms with E-state index in [4.69, 9.17) is 0 Å². The van der Waals surface area contributed by atoms with Crippen LogP contribution in [0, 0.1) is 6.92 Å². The molecule has 1 amide bonds. The predicted molar refractivity (Wildman–Crippen MR) is 90.5 cm³/mol. The van der Waals surface area contributed by atoms with Crippen molar-refractivity contribution >= 4 is 17.3 Å². The molecule has 6 heteroatoms. The van der Waals surface area contributed by atoms with E-state index in [1.54, 1.807) is 15.5 Å². The molecular formula is C18H17N5O. The zero-order chi connectivity index (χ0) is 16.5. The van der Waals surface area contributed by atoms with Gasteiger partial charge in [0.15, 0.2) is 0 Å². The second kappa shape index (κ2) is 5.88. The number of aryl methyl sites for hydroxylation is 1. The topological polar surface area (TPSA) is 63.4 Å². The van der Waals surface area contributed by atoms with Gasteiger partial charge in [0.05, 0.1) is 0 Å².